The smallest absolute Gasteiger partial charge is 0.344 e. The molecule has 2 aromatic carbocycles. The van der Waals surface area contributed by atoms with Gasteiger partial charge in [0, 0.05) is 26.0 Å². The Bertz CT molecular complexity index is 676. The minimum absolute atomic E-state index is 0.521. The topological polar surface area (TPSA) is 62.1 Å². The van der Waals surface area contributed by atoms with E-state index in [4.69, 9.17) is 9.84 Å². The number of carbonyl (C=O) groups is 1. The quantitative estimate of drug-likeness (QED) is 0.831. The minimum atomic E-state index is -0.989. The standard InChI is InChI=1S/C18H20N2O3/c1-13(18(21)22)23-17-10-4-14(5-11-17)12-19-15-6-8-16(9-7-15)20(2)3/h4-13H,1-3H3,(H,21,22). The van der Waals surface area contributed by atoms with Crippen molar-refractivity contribution in [2.45, 2.75) is 13.0 Å². The van der Waals surface area contributed by atoms with Gasteiger partial charge in [0.2, 0.25) is 0 Å². The zero-order valence-corrected chi connectivity index (χ0v) is 13.4. The van der Waals surface area contributed by atoms with Gasteiger partial charge in [0.05, 0.1) is 5.69 Å². The molecule has 2 aromatic rings. The van der Waals surface area contributed by atoms with E-state index in [2.05, 4.69) is 4.99 Å². The zero-order valence-electron chi connectivity index (χ0n) is 13.4. The number of hydrogen-bond acceptors (Lipinski definition) is 4. The molecule has 2 rings (SSSR count). The van der Waals surface area contributed by atoms with Crippen LogP contribution in [0.2, 0.25) is 0 Å². The first-order chi connectivity index (χ1) is 11.0. The molecule has 5 heteroatoms. The second-order valence-corrected chi connectivity index (χ2v) is 5.34. The van der Waals surface area contributed by atoms with Gasteiger partial charge in [-0.25, -0.2) is 4.79 Å². The van der Waals surface area contributed by atoms with Crippen LogP contribution >= 0.6 is 0 Å². The third-order valence-electron chi connectivity index (χ3n) is 3.27. The Labute approximate surface area is 135 Å². The largest absolute Gasteiger partial charge is 0.479 e. The molecule has 1 N–H and O–H groups in total. The number of ether oxygens (including phenoxy) is 1. The van der Waals surface area contributed by atoms with Gasteiger partial charge in [-0.2, -0.15) is 0 Å². The first kappa shape index (κ1) is 16.5. The molecule has 0 bridgehead atoms. The summed E-state index contributed by atoms with van der Waals surface area (Å²) >= 11 is 0. The zero-order chi connectivity index (χ0) is 16.8. The van der Waals surface area contributed by atoms with Crippen molar-refractivity contribution < 1.29 is 14.6 Å². The van der Waals surface area contributed by atoms with Crippen LogP contribution in [0.3, 0.4) is 0 Å². The van der Waals surface area contributed by atoms with Crippen LogP contribution in [0, 0.1) is 0 Å². The maximum absolute atomic E-state index is 10.7. The summed E-state index contributed by atoms with van der Waals surface area (Å²) in [6.07, 6.45) is 0.888. The van der Waals surface area contributed by atoms with E-state index in [9.17, 15) is 4.79 Å². The molecule has 23 heavy (non-hydrogen) atoms. The molecule has 0 aliphatic carbocycles. The van der Waals surface area contributed by atoms with E-state index < -0.39 is 12.1 Å². The Morgan fingerprint density at radius 2 is 1.74 bits per heavy atom. The maximum Gasteiger partial charge on any atom is 0.344 e. The van der Waals surface area contributed by atoms with Crippen molar-refractivity contribution in [2.75, 3.05) is 19.0 Å². The lowest BCUT2D eigenvalue weighted by molar-refractivity contribution is -0.144. The Balaban J connectivity index is 2.01. The highest BCUT2D eigenvalue weighted by atomic mass is 16.5. The van der Waals surface area contributed by atoms with Gasteiger partial charge in [-0.3, -0.25) is 4.99 Å². The Kier molecular flexibility index (Phi) is 5.36. The van der Waals surface area contributed by atoms with Crippen molar-refractivity contribution in [1.82, 2.24) is 0 Å². The molecule has 0 saturated heterocycles. The normalized spacial score (nSPS) is 12.1. The summed E-state index contributed by atoms with van der Waals surface area (Å²) in [6, 6.07) is 15.1. The molecule has 120 valence electrons. The molecule has 0 heterocycles. The molecule has 0 radical (unpaired) electrons. The molecule has 5 nitrogen and oxygen atoms in total. The fourth-order valence-corrected chi connectivity index (χ4v) is 1.87. The number of carboxylic acid groups (broad SMARTS) is 1. The minimum Gasteiger partial charge on any atom is -0.479 e. The third kappa shape index (κ3) is 4.85. The first-order valence-corrected chi connectivity index (χ1v) is 7.26. The second kappa shape index (κ2) is 7.45. The fourth-order valence-electron chi connectivity index (χ4n) is 1.87. The third-order valence-corrected chi connectivity index (χ3v) is 3.27. The summed E-state index contributed by atoms with van der Waals surface area (Å²) in [7, 11) is 3.99. The van der Waals surface area contributed by atoms with Crippen LogP contribution in [0.5, 0.6) is 5.75 Å². The molecule has 1 atom stereocenters. The van der Waals surface area contributed by atoms with E-state index >= 15 is 0 Å². The number of benzene rings is 2. The van der Waals surface area contributed by atoms with Crippen LogP contribution in [0.15, 0.2) is 53.5 Å². The summed E-state index contributed by atoms with van der Waals surface area (Å²) in [5.74, 6) is -0.468. The van der Waals surface area contributed by atoms with Gasteiger partial charge in [0.15, 0.2) is 6.10 Å². The van der Waals surface area contributed by atoms with Crippen molar-refractivity contribution in [3.05, 3.63) is 54.1 Å². The highest BCUT2D eigenvalue weighted by Crippen LogP contribution is 2.18. The maximum atomic E-state index is 10.7. The Morgan fingerprint density at radius 1 is 1.13 bits per heavy atom. The van der Waals surface area contributed by atoms with E-state index in [1.54, 1.807) is 18.3 Å². The number of anilines is 1. The molecule has 0 aliphatic rings. The monoisotopic (exact) mass is 312 g/mol. The predicted octanol–water partition coefficient (Wildman–Crippen LogP) is 3.36. The SMILES string of the molecule is CC(Oc1ccc(C=Nc2ccc(N(C)C)cc2)cc1)C(=O)O. The van der Waals surface area contributed by atoms with E-state index in [0.29, 0.717) is 5.75 Å². The van der Waals surface area contributed by atoms with E-state index in [1.807, 2.05) is 55.4 Å². The highest BCUT2D eigenvalue weighted by Gasteiger charge is 2.11. The molecular weight excluding hydrogens is 292 g/mol. The molecule has 0 amide bonds. The van der Waals surface area contributed by atoms with Crippen LogP contribution in [-0.2, 0) is 4.79 Å². The van der Waals surface area contributed by atoms with Gasteiger partial charge in [0.25, 0.3) is 0 Å². The number of carboxylic acids is 1. The van der Waals surface area contributed by atoms with E-state index in [-0.39, 0.29) is 0 Å². The fraction of sp³-hybridized carbons (Fsp3) is 0.222. The first-order valence-electron chi connectivity index (χ1n) is 7.26. The average Bonchev–Trinajstić information content (AvgIpc) is 2.54. The molecule has 1 unspecified atom stereocenters. The van der Waals surface area contributed by atoms with Crippen LogP contribution < -0.4 is 9.64 Å². The van der Waals surface area contributed by atoms with Gasteiger partial charge >= 0.3 is 5.97 Å². The summed E-state index contributed by atoms with van der Waals surface area (Å²) < 4.78 is 5.28. The molecule has 0 aromatic heterocycles. The lowest BCUT2D eigenvalue weighted by Crippen LogP contribution is -2.22. The second-order valence-electron chi connectivity index (χ2n) is 5.34. The van der Waals surface area contributed by atoms with Crippen LogP contribution in [0.1, 0.15) is 12.5 Å². The van der Waals surface area contributed by atoms with Crippen LogP contribution in [0.25, 0.3) is 0 Å². The van der Waals surface area contributed by atoms with Crippen molar-refractivity contribution in [2.24, 2.45) is 4.99 Å². The highest BCUT2D eigenvalue weighted by molar-refractivity contribution is 5.82. The summed E-state index contributed by atoms with van der Waals surface area (Å²) in [4.78, 5) is 17.2. The average molecular weight is 312 g/mol. The molecule has 0 aliphatic heterocycles. The lowest BCUT2D eigenvalue weighted by Gasteiger charge is -2.11. The summed E-state index contributed by atoms with van der Waals surface area (Å²) in [5, 5.41) is 8.81. The lowest BCUT2D eigenvalue weighted by atomic mass is 10.2. The van der Waals surface area contributed by atoms with E-state index in [0.717, 1.165) is 16.9 Å². The van der Waals surface area contributed by atoms with Crippen molar-refractivity contribution >= 4 is 23.6 Å². The number of hydrogen-bond donors (Lipinski definition) is 1. The van der Waals surface area contributed by atoms with Gasteiger partial charge < -0.3 is 14.7 Å². The Morgan fingerprint density at radius 3 is 2.26 bits per heavy atom. The number of nitrogens with zero attached hydrogens (tertiary/aromatic N) is 2. The number of rotatable bonds is 6. The Hall–Kier alpha value is -2.82. The van der Waals surface area contributed by atoms with Crippen LogP contribution in [-0.4, -0.2) is 37.5 Å². The van der Waals surface area contributed by atoms with Gasteiger partial charge in [-0.1, -0.05) is 0 Å². The van der Waals surface area contributed by atoms with Crippen molar-refractivity contribution in [3.63, 3.8) is 0 Å². The molecule has 0 fully saturated rings. The number of aliphatic carboxylic acids is 1. The van der Waals surface area contributed by atoms with Gasteiger partial charge in [0.1, 0.15) is 5.75 Å². The van der Waals surface area contributed by atoms with E-state index in [1.165, 1.54) is 6.92 Å². The van der Waals surface area contributed by atoms with Crippen LogP contribution in [0.4, 0.5) is 11.4 Å². The molecule has 0 saturated carbocycles. The summed E-state index contributed by atoms with van der Waals surface area (Å²) in [5.41, 5.74) is 2.91. The molecular formula is C18H20N2O3. The molecule has 0 spiro atoms. The summed E-state index contributed by atoms with van der Waals surface area (Å²) in [6.45, 7) is 1.50. The van der Waals surface area contributed by atoms with Crippen molar-refractivity contribution in [1.29, 1.82) is 0 Å². The number of aliphatic imine (C=N–C) groups is 1. The predicted molar refractivity (Wildman–Crippen MR) is 92.2 cm³/mol. The van der Waals surface area contributed by atoms with Crippen molar-refractivity contribution in [3.8, 4) is 5.75 Å². The van der Waals surface area contributed by atoms with Gasteiger partial charge in [-0.15, -0.1) is 0 Å². The van der Waals surface area contributed by atoms with Gasteiger partial charge in [-0.05, 0) is 61.0 Å².